The number of carbonyl (C=O) groups excluding carboxylic acids is 3. The normalized spacial score (nSPS) is 13.6. The third-order valence-electron chi connectivity index (χ3n) is 13.7. The number of phosphoric acid groups is 1. The van der Waals surface area contributed by atoms with Crippen molar-refractivity contribution in [2.24, 2.45) is 0 Å². The minimum atomic E-state index is -4.75. The monoisotopic (exact) mass is 1090 g/mol. The third-order valence-corrected chi connectivity index (χ3v) is 14.7. The molecule has 0 bridgehead atoms. The Morgan fingerprint density at radius 2 is 0.645 bits per heavy atom. The predicted octanol–water partition coefficient (Wildman–Crippen LogP) is 18.9. The maximum atomic E-state index is 12.9. The molecule has 0 spiro atoms. The summed E-state index contributed by atoms with van der Waals surface area (Å²) in [5.74, 6) is -1.47. The number of allylic oxidation sites excluding steroid dienone is 8. The number of carbonyl (C=O) groups is 3. The summed E-state index contributed by atoms with van der Waals surface area (Å²) < 4.78 is 39.6. The van der Waals surface area contributed by atoms with E-state index < -0.39 is 57.8 Å². The smallest absolute Gasteiger partial charge is 0.462 e. The van der Waals surface area contributed by atoms with Crippen LogP contribution in [0.3, 0.4) is 0 Å². The Balaban J connectivity index is 4.68. The van der Waals surface area contributed by atoms with Crippen molar-refractivity contribution in [2.45, 2.75) is 315 Å². The molecular formula is C64H117O11P. The lowest BCUT2D eigenvalue weighted by molar-refractivity contribution is -0.161. The second-order valence-corrected chi connectivity index (χ2v) is 22.7. The topological polar surface area (TPSA) is 155 Å². The van der Waals surface area contributed by atoms with Gasteiger partial charge in [0.1, 0.15) is 12.7 Å². The van der Waals surface area contributed by atoms with Gasteiger partial charge in [-0.05, 0) is 83.5 Å². The number of unbranched alkanes of at least 4 members (excludes halogenated alkanes) is 34. The first-order valence-corrected chi connectivity index (χ1v) is 33.0. The molecule has 0 radical (unpaired) electrons. The largest absolute Gasteiger partial charge is 0.472 e. The fraction of sp³-hybridized carbons (Fsp3) is 0.828. The van der Waals surface area contributed by atoms with Crippen LogP contribution in [0, 0.1) is 0 Å². The Hall–Kier alpha value is -2.56. The van der Waals surface area contributed by atoms with Gasteiger partial charge in [0.25, 0.3) is 0 Å². The fourth-order valence-corrected chi connectivity index (χ4v) is 9.67. The van der Waals surface area contributed by atoms with E-state index in [1.807, 2.05) is 0 Å². The number of esters is 3. The number of ether oxygens (including phenoxy) is 3. The summed E-state index contributed by atoms with van der Waals surface area (Å²) in [6.45, 7) is 4.63. The number of aliphatic hydroxyl groups excluding tert-OH is 1. The molecule has 2 N–H and O–H groups in total. The van der Waals surface area contributed by atoms with E-state index in [0.29, 0.717) is 19.3 Å². The Morgan fingerprint density at radius 3 is 1.00 bits per heavy atom. The number of hydrogen-bond donors (Lipinski definition) is 2. The van der Waals surface area contributed by atoms with E-state index in [2.05, 4.69) is 69.4 Å². The molecule has 3 atom stereocenters. The van der Waals surface area contributed by atoms with Crippen LogP contribution < -0.4 is 0 Å². The molecule has 0 heterocycles. The molecule has 0 rings (SSSR count). The number of hydrogen-bond acceptors (Lipinski definition) is 10. The number of phosphoric ester groups is 1. The van der Waals surface area contributed by atoms with Gasteiger partial charge in [-0.15, -0.1) is 0 Å². The minimum Gasteiger partial charge on any atom is -0.462 e. The van der Waals surface area contributed by atoms with Gasteiger partial charge in [-0.1, -0.05) is 249 Å². The minimum absolute atomic E-state index is 0.153. The van der Waals surface area contributed by atoms with Gasteiger partial charge in [-0.25, -0.2) is 4.57 Å². The summed E-state index contributed by atoms with van der Waals surface area (Å²) >= 11 is 0. The summed E-state index contributed by atoms with van der Waals surface area (Å²) in [4.78, 5) is 48.7. The molecule has 0 saturated heterocycles. The molecule has 0 aliphatic rings. The van der Waals surface area contributed by atoms with E-state index in [9.17, 15) is 28.9 Å². The van der Waals surface area contributed by atoms with Crippen LogP contribution in [0.15, 0.2) is 48.6 Å². The van der Waals surface area contributed by atoms with Crippen molar-refractivity contribution < 1.29 is 52.2 Å². The van der Waals surface area contributed by atoms with Gasteiger partial charge in [-0.3, -0.25) is 23.4 Å². The lowest BCUT2D eigenvalue weighted by Crippen LogP contribution is -2.30. The molecule has 3 unspecified atom stereocenters. The van der Waals surface area contributed by atoms with Crippen molar-refractivity contribution in [3.8, 4) is 0 Å². The van der Waals surface area contributed by atoms with Crippen molar-refractivity contribution in [2.75, 3.05) is 26.4 Å². The van der Waals surface area contributed by atoms with Crippen LogP contribution in [0.25, 0.3) is 0 Å². The highest BCUT2D eigenvalue weighted by molar-refractivity contribution is 7.47. The zero-order chi connectivity index (χ0) is 55.5. The lowest BCUT2D eigenvalue weighted by atomic mass is 10.0. The van der Waals surface area contributed by atoms with Crippen LogP contribution >= 0.6 is 7.82 Å². The molecule has 11 nitrogen and oxygen atoms in total. The van der Waals surface area contributed by atoms with Crippen molar-refractivity contribution in [1.82, 2.24) is 0 Å². The summed E-state index contributed by atoms with van der Waals surface area (Å²) in [6, 6.07) is 0. The molecular weight excluding hydrogens is 976 g/mol. The molecule has 444 valence electrons. The molecule has 0 aromatic heterocycles. The highest BCUT2D eigenvalue weighted by Crippen LogP contribution is 2.43. The molecule has 0 saturated carbocycles. The second kappa shape index (κ2) is 58.6. The first-order valence-electron chi connectivity index (χ1n) is 31.5. The van der Waals surface area contributed by atoms with Gasteiger partial charge in [-0.2, -0.15) is 0 Å². The third kappa shape index (κ3) is 56.2. The van der Waals surface area contributed by atoms with Crippen LogP contribution in [0.5, 0.6) is 0 Å². The van der Waals surface area contributed by atoms with Gasteiger partial charge >= 0.3 is 25.7 Å². The lowest BCUT2D eigenvalue weighted by Gasteiger charge is -2.21. The molecule has 0 amide bonds. The highest BCUT2D eigenvalue weighted by atomic mass is 31.2. The summed E-state index contributed by atoms with van der Waals surface area (Å²) in [5.41, 5.74) is 0. The average molecular weight is 1090 g/mol. The van der Waals surface area contributed by atoms with E-state index in [4.69, 9.17) is 23.3 Å². The molecule has 0 aliphatic carbocycles. The van der Waals surface area contributed by atoms with Gasteiger partial charge in [0, 0.05) is 19.3 Å². The Kier molecular flexibility index (Phi) is 56.6. The van der Waals surface area contributed by atoms with Crippen molar-refractivity contribution in [1.29, 1.82) is 0 Å². The van der Waals surface area contributed by atoms with Crippen molar-refractivity contribution in [3.63, 3.8) is 0 Å². The Labute approximate surface area is 466 Å². The molecule has 0 aromatic carbocycles. The molecule has 12 heteroatoms. The molecule has 0 fully saturated rings. The molecule has 0 aliphatic heterocycles. The van der Waals surface area contributed by atoms with Gasteiger partial charge < -0.3 is 24.2 Å². The zero-order valence-corrected chi connectivity index (χ0v) is 50.1. The molecule has 0 aromatic rings. The van der Waals surface area contributed by atoms with Crippen molar-refractivity contribution in [3.05, 3.63) is 48.6 Å². The molecule has 76 heavy (non-hydrogen) atoms. The van der Waals surface area contributed by atoms with Crippen LogP contribution in [0.4, 0.5) is 0 Å². The first-order chi connectivity index (χ1) is 37.2. The Morgan fingerprint density at radius 1 is 0.368 bits per heavy atom. The summed E-state index contributed by atoms with van der Waals surface area (Å²) in [6.07, 6.45) is 63.4. The fourth-order valence-electron chi connectivity index (χ4n) is 8.89. The van der Waals surface area contributed by atoms with E-state index in [0.717, 1.165) is 96.3 Å². The predicted molar refractivity (Wildman–Crippen MR) is 316 cm³/mol. The van der Waals surface area contributed by atoms with E-state index in [-0.39, 0.29) is 25.9 Å². The van der Waals surface area contributed by atoms with Gasteiger partial charge in [0.15, 0.2) is 6.10 Å². The maximum absolute atomic E-state index is 12.9. The van der Waals surface area contributed by atoms with E-state index in [1.54, 1.807) is 0 Å². The SMILES string of the molecule is CCCCC/C=C\C/C=C\CCCCCCCCCCCC(=O)OCC(COP(=O)(O)OCC(CO)OC(=O)CCCCCCCCCCCCCCCCC)OC(=O)CCCCCCC/C=C\C/C=C\CCCCC. The Bertz CT molecular complexity index is 1460. The van der Waals surface area contributed by atoms with Gasteiger partial charge in [0.05, 0.1) is 19.8 Å². The maximum Gasteiger partial charge on any atom is 0.472 e. The number of rotatable bonds is 59. The van der Waals surface area contributed by atoms with Crippen LogP contribution in [0.2, 0.25) is 0 Å². The first kappa shape index (κ1) is 73.4. The summed E-state index contributed by atoms with van der Waals surface area (Å²) in [5, 5.41) is 9.84. The number of aliphatic hydroxyl groups is 1. The average Bonchev–Trinajstić information content (AvgIpc) is 3.41. The van der Waals surface area contributed by atoms with Crippen molar-refractivity contribution >= 4 is 25.7 Å². The van der Waals surface area contributed by atoms with Gasteiger partial charge in [0.2, 0.25) is 0 Å². The second-order valence-electron chi connectivity index (χ2n) is 21.2. The van der Waals surface area contributed by atoms with Crippen LogP contribution in [-0.4, -0.2) is 66.5 Å². The summed E-state index contributed by atoms with van der Waals surface area (Å²) in [7, 11) is -4.75. The van der Waals surface area contributed by atoms with Crippen LogP contribution in [0.1, 0.15) is 303 Å². The quantitative estimate of drug-likeness (QED) is 0.0197. The van der Waals surface area contributed by atoms with E-state index in [1.165, 1.54) is 148 Å². The van der Waals surface area contributed by atoms with Crippen LogP contribution in [-0.2, 0) is 42.2 Å². The zero-order valence-electron chi connectivity index (χ0n) is 49.2. The highest BCUT2D eigenvalue weighted by Gasteiger charge is 2.28. The standard InChI is InChI=1S/C64H117O11P/c1-4-7-10-13-16-19-22-25-28-29-30-31-34-35-38-41-44-47-50-53-62(66)71-57-61(75-64(68)55-52-49-46-43-40-37-33-27-24-21-18-15-12-9-6-3)59-73-76(69,70)72-58-60(56-65)74-63(67)54-51-48-45-42-39-36-32-26-23-20-17-14-11-8-5-2/h16,18-19,21,25,27-28,33,60-61,65H,4-15,17,20,22-24,26,29-32,34-59H2,1-3H3,(H,69,70)/b19-16-,21-18-,28-25-,33-27-. The van der Waals surface area contributed by atoms with E-state index >= 15 is 0 Å².